The van der Waals surface area contributed by atoms with E-state index in [2.05, 4.69) is 5.32 Å². The van der Waals surface area contributed by atoms with Gasteiger partial charge in [0.25, 0.3) is 5.91 Å². The predicted molar refractivity (Wildman–Crippen MR) is 72.7 cm³/mol. The zero-order valence-electron chi connectivity index (χ0n) is 11.3. The number of hydrogen-bond donors (Lipinski definition) is 2. The first-order valence-electron chi connectivity index (χ1n) is 5.97. The molecule has 0 saturated carbocycles. The number of aliphatic hydroxyl groups is 1. The van der Waals surface area contributed by atoms with E-state index >= 15 is 0 Å². The maximum absolute atomic E-state index is 12.0. The van der Waals surface area contributed by atoms with Crippen LogP contribution in [0.25, 0.3) is 0 Å². The number of carbonyl (C=O) groups is 1. The summed E-state index contributed by atoms with van der Waals surface area (Å²) in [6.45, 7) is 3.61. The number of nitrogens with one attached hydrogen (secondary N) is 1. The SMILES string of the molecule is CC(C)[C@@H](CO)NC(=O)c1cccc(S(C)(=O)=O)c1. The first-order chi connectivity index (χ1) is 8.75. The minimum Gasteiger partial charge on any atom is -0.394 e. The van der Waals surface area contributed by atoms with Gasteiger partial charge in [-0.05, 0) is 24.1 Å². The molecular formula is C13H19NO4S. The number of amides is 1. The van der Waals surface area contributed by atoms with Crippen LogP contribution in [0.4, 0.5) is 0 Å². The van der Waals surface area contributed by atoms with E-state index in [0.29, 0.717) is 0 Å². The highest BCUT2D eigenvalue weighted by atomic mass is 32.2. The Morgan fingerprint density at radius 2 is 2.00 bits per heavy atom. The van der Waals surface area contributed by atoms with Gasteiger partial charge in [0.2, 0.25) is 0 Å². The standard InChI is InChI=1S/C13H19NO4S/c1-9(2)12(8-15)14-13(16)10-5-4-6-11(7-10)19(3,17)18/h4-7,9,12,15H,8H2,1-3H3,(H,14,16)/t12-/m1/s1. The number of carbonyl (C=O) groups excluding carboxylic acids is 1. The molecule has 0 aliphatic heterocycles. The number of sulfone groups is 1. The third-order valence-corrected chi connectivity index (χ3v) is 3.95. The van der Waals surface area contributed by atoms with Crippen molar-refractivity contribution in [1.82, 2.24) is 5.32 Å². The molecule has 0 saturated heterocycles. The van der Waals surface area contributed by atoms with Gasteiger partial charge in [0.1, 0.15) is 0 Å². The first-order valence-corrected chi connectivity index (χ1v) is 7.86. The number of aliphatic hydroxyl groups excluding tert-OH is 1. The molecule has 0 aliphatic carbocycles. The largest absolute Gasteiger partial charge is 0.394 e. The van der Waals surface area contributed by atoms with Gasteiger partial charge in [-0.15, -0.1) is 0 Å². The Hall–Kier alpha value is -1.40. The average Bonchev–Trinajstić information content (AvgIpc) is 2.34. The number of hydrogen-bond acceptors (Lipinski definition) is 4. The van der Waals surface area contributed by atoms with Crippen LogP contribution < -0.4 is 5.32 Å². The molecule has 0 aliphatic rings. The van der Waals surface area contributed by atoms with Crippen molar-refractivity contribution in [2.24, 2.45) is 5.92 Å². The lowest BCUT2D eigenvalue weighted by Crippen LogP contribution is -2.41. The molecule has 0 aromatic heterocycles. The smallest absolute Gasteiger partial charge is 0.251 e. The van der Waals surface area contributed by atoms with Crippen molar-refractivity contribution in [3.8, 4) is 0 Å². The number of benzene rings is 1. The molecular weight excluding hydrogens is 266 g/mol. The fourth-order valence-electron chi connectivity index (χ4n) is 1.54. The van der Waals surface area contributed by atoms with Crippen molar-refractivity contribution in [3.63, 3.8) is 0 Å². The van der Waals surface area contributed by atoms with E-state index in [1.54, 1.807) is 6.07 Å². The molecule has 1 rings (SSSR count). The third kappa shape index (κ3) is 4.33. The summed E-state index contributed by atoms with van der Waals surface area (Å²) in [7, 11) is -3.34. The maximum Gasteiger partial charge on any atom is 0.251 e. The molecule has 6 heteroatoms. The second-order valence-electron chi connectivity index (χ2n) is 4.81. The van der Waals surface area contributed by atoms with Crippen molar-refractivity contribution in [3.05, 3.63) is 29.8 Å². The average molecular weight is 285 g/mol. The molecule has 0 spiro atoms. The van der Waals surface area contributed by atoms with Crippen LogP contribution in [0.15, 0.2) is 29.2 Å². The lowest BCUT2D eigenvalue weighted by molar-refractivity contribution is 0.0896. The Morgan fingerprint density at radius 3 is 2.47 bits per heavy atom. The van der Waals surface area contributed by atoms with Gasteiger partial charge < -0.3 is 10.4 Å². The van der Waals surface area contributed by atoms with Gasteiger partial charge in [0.15, 0.2) is 9.84 Å². The molecule has 0 heterocycles. The molecule has 2 N–H and O–H groups in total. The normalized spacial score (nSPS) is 13.3. The summed E-state index contributed by atoms with van der Waals surface area (Å²) in [5, 5.41) is 11.8. The summed E-state index contributed by atoms with van der Waals surface area (Å²) in [5.74, 6) is -0.301. The summed E-state index contributed by atoms with van der Waals surface area (Å²) >= 11 is 0. The Labute approximate surface area is 113 Å². The van der Waals surface area contributed by atoms with E-state index in [4.69, 9.17) is 5.11 Å². The monoisotopic (exact) mass is 285 g/mol. The van der Waals surface area contributed by atoms with Gasteiger partial charge in [-0.25, -0.2) is 8.42 Å². The van der Waals surface area contributed by atoms with E-state index in [0.717, 1.165) is 6.26 Å². The molecule has 0 unspecified atom stereocenters. The summed E-state index contributed by atoms with van der Waals surface area (Å²) < 4.78 is 22.8. The highest BCUT2D eigenvalue weighted by molar-refractivity contribution is 7.90. The minimum atomic E-state index is -3.34. The van der Waals surface area contributed by atoms with E-state index in [1.807, 2.05) is 13.8 Å². The van der Waals surface area contributed by atoms with Crippen molar-refractivity contribution in [2.45, 2.75) is 24.8 Å². The predicted octanol–water partition coefficient (Wildman–Crippen LogP) is 0.837. The molecule has 5 nitrogen and oxygen atoms in total. The quantitative estimate of drug-likeness (QED) is 0.839. The fourth-order valence-corrected chi connectivity index (χ4v) is 2.21. The van der Waals surface area contributed by atoms with E-state index < -0.39 is 15.7 Å². The molecule has 106 valence electrons. The Bertz CT molecular complexity index is 552. The second kappa shape index (κ2) is 6.16. The molecule has 0 radical (unpaired) electrons. The zero-order chi connectivity index (χ0) is 14.6. The third-order valence-electron chi connectivity index (χ3n) is 2.84. The molecule has 0 fully saturated rings. The molecule has 0 bridgehead atoms. The number of rotatable bonds is 5. The lowest BCUT2D eigenvalue weighted by atomic mass is 10.0. The Balaban J connectivity index is 2.95. The van der Waals surface area contributed by atoms with Crippen molar-refractivity contribution < 1.29 is 18.3 Å². The van der Waals surface area contributed by atoms with Gasteiger partial charge in [0.05, 0.1) is 17.5 Å². The van der Waals surface area contributed by atoms with Crippen LogP contribution in [0.1, 0.15) is 24.2 Å². The van der Waals surface area contributed by atoms with Crippen molar-refractivity contribution in [1.29, 1.82) is 0 Å². The van der Waals surface area contributed by atoms with Gasteiger partial charge in [-0.3, -0.25) is 4.79 Å². The molecule has 1 aromatic carbocycles. The topological polar surface area (TPSA) is 83.5 Å². The molecule has 1 amide bonds. The minimum absolute atomic E-state index is 0.0899. The van der Waals surface area contributed by atoms with Gasteiger partial charge in [-0.1, -0.05) is 19.9 Å². The van der Waals surface area contributed by atoms with E-state index in [1.165, 1.54) is 18.2 Å². The molecule has 1 aromatic rings. The van der Waals surface area contributed by atoms with Crippen LogP contribution in [0.5, 0.6) is 0 Å². The van der Waals surface area contributed by atoms with Crippen LogP contribution in [0, 0.1) is 5.92 Å². The lowest BCUT2D eigenvalue weighted by Gasteiger charge is -2.19. The zero-order valence-corrected chi connectivity index (χ0v) is 12.1. The maximum atomic E-state index is 12.0. The second-order valence-corrected chi connectivity index (χ2v) is 6.82. The van der Waals surface area contributed by atoms with Crippen LogP contribution in [-0.2, 0) is 9.84 Å². The van der Waals surface area contributed by atoms with E-state index in [-0.39, 0.29) is 29.0 Å². The Kier molecular flexibility index (Phi) is 5.08. The van der Waals surface area contributed by atoms with E-state index in [9.17, 15) is 13.2 Å². The Morgan fingerprint density at radius 1 is 1.37 bits per heavy atom. The summed E-state index contributed by atoms with van der Waals surface area (Å²) in [6, 6.07) is 5.49. The van der Waals surface area contributed by atoms with Crippen molar-refractivity contribution in [2.75, 3.05) is 12.9 Å². The van der Waals surface area contributed by atoms with Crippen LogP contribution in [0.2, 0.25) is 0 Å². The first kappa shape index (κ1) is 15.7. The van der Waals surface area contributed by atoms with Crippen LogP contribution >= 0.6 is 0 Å². The van der Waals surface area contributed by atoms with Gasteiger partial charge >= 0.3 is 0 Å². The highest BCUT2D eigenvalue weighted by Gasteiger charge is 2.17. The highest BCUT2D eigenvalue weighted by Crippen LogP contribution is 2.12. The van der Waals surface area contributed by atoms with Crippen molar-refractivity contribution >= 4 is 15.7 Å². The van der Waals surface area contributed by atoms with Crippen LogP contribution in [-0.4, -0.2) is 38.3 Å². The summed E-state index contributed by atoms with van der Waals surface area (Å²) in [6.07, 6.45) is 1.09. The fraction of sp³-hybridized carbons (Fsp3) is 0.462. The summed E-state index contributed by atoms with van der Waals surface area (Å²) in [5.41, 5.74) is 0.266. The van der Waals surface area contributed by atoms with Gasteiger partial charge in [0, 0.05) is 11.8 Å². The molecule has 19 heavy (non-hydrogen) atoms. The van der Waals surface area contributed by atoms with Gasteiger partial charge in [-0.2, -0.15) is 0 Å². The van der Waals surface area contributed by atoms with Crippen LogP contribution in [0.3, 0.4) is 0 Å². The molecule has 1 atom stereocenters. The summed E-state index contributed by atoms with van der Waals surface area (Å²) in [4.78, 5) is 12.1.